The Morgan fingerprint density at radius 2 is 1.02 bits per heavy atom. The minimum atomic E-state index is -4.67. The molecular weight excluding hydrogens is 1350 g/mol. The lowest BCUT2D eigenvalue weighted by Crippen LogP contribution is -2.33. The van der Waals surface area contributed by atoms with Gasteiger partial charge in [0.15, 0.2) is 22.8 Å². The van der Waals surface area contributed by atoms with Crippen molar-refractivity contribution in [3.05, 3.63) is 126 Å². The molecule has 3 fully saturated rings. The van der Waals surface area contributed by atoms with Crippen LogP contribution in [0.4, 0.5) is 87.8 Å². The molecule has 6 unspecified atom stereocenters. The lowest BCUT2D eigenvalue weighted by atomic mass is 9.89. The summed E-state index contributed by atoms with van der Waals surface area (Å²) < 4.78 is 271. The van der Waals surface area contributed by atoms with E-state index in [1.807, 2.05) is 39.8 Å². The van der Waals surface area contributed by atoms with E-state index in [1.165, 1.54) is 40.4 Å². The van der Waals surface area contributed by atoms with Gasteiger partial charge in [0, 0.05) is 94.4 Å². The van der Waals surface area contributed by atoms with Gasteiger partial charge < -0.3 is 0 Å². The number of nitrogens with zero attached hydrogens (tertiary/aromatic N) is 11. The monoisotopic (exact) mass is 1430 g/mol. The van der Waals surface area contributed by atoms with E-state index >= 15 is 0 Å². The molecule has 0 bridgehead atoms. The maximum absolute atomic E-state index is 14.0. The van der Waals surface area contributed by atoms with Gasteiger partial charge in [-0.2, -0.15) is 96.6 Å². The van der Waals surface area contributed by atoms with Gasteiger partial charge in [0.05, 0.1) is 5.56 Å². The molecule has 11 nitrogen and oxygen atoms in total. The lowest BCUT2D eigenvalue weighted by Gasteiger charge is -2.30. The van der Waals surface area contributed by atoms with Crippen LogP contribution in [0, 0.1) is 40.8 Å². The zero-order valence-corrected chi connectivity index (χ0v) is 56.3. The number of hydrogen-bond acceptors (Lipinski definition) is 6. The largest absolute Gasteiger partial charge is 0.435 e. The van der Waals surface area contributed by atoms with Crippen molar-refractivity contribution in [2.24, 2.45) is 23.7 Å². The predicted octanol–water partition coefficient (Wildman–Crippen LogP) is 20.9. The maximum atomic E-state index is 14.0. The summed E-state index contributed by atoms with van der Waals surface area (Å²) >= 11 is 0. The summed E-state index contributed by atoms with van der Waals surface area (Å²) in [4.78, 5) is 0. The Kier molecular flexibility index (Phi) is 19.8. The molecule has 9 aliphatic rings. The summed E-state index contributed by atoms with van der Waals surface area (Å²) in [5.41, 5.74) is 0.00852. The summed E-state index contributed by atoms with van der Waals surface area (Å²) in [6.07, 6.45) is -9.55. The van der Waals surface area contributed by atoms with Gasteiger partial charge in [-0.3, -0.25) is 23.4 Å². The summed E-state index contributed by atoms with van der Waals surface area (Å²) in [5, 5.41) is 27.2. The van der Waals surface area contributed by atoms with Gasteiger partial charge in [-0.25, -0.2) is 22.0 Å². The summed E-state index contributed by atoms with van der Waals surface area (Å²) in [5.74, 6) is -14.3. The molecule has 0 radical (unpaired) electrons. The topological polar surface area (TPSA) is 113 Å². The molecule has 31 heteroatoms. The first-order valence-corrected chi connectivity index (χ1v) is 33.2. The highest BCUT2D eigenvalue weighted by atomic mass is 19.4. The Morgan fingerprint density at radius 1 is 0.535 bits per heavy atom. The first kappa shape index (κ1) is 74.8. The van der Waals surface area contributed by atoms with Gasteiger partial charge >= 0.3 is 18.5 Å². The molecule has 3 saturated carbocycles. The van der Waals surface area contributed by atoms with Crippen molar-refractivity contribution in [1.29, 1.82) is 5.26 Å². The summed E-state index contributed by atoms with van der Waals surface area (Å²) in [7, 11) is 0. The van der Waals surface area contributed by atoms with Gasteiger partial charge in [-0.15, -0.1) is 0 Å². The number of aromatic nitrogens is 10. The number of nitriles is 1. The van der Waals surface area contributed by atoms with Crippen LogP contribution in [0.1, 0.15) is 285 Å². The van der Waals surface area contributed by atoms with Crippen LogP contribution < -0.4 is 0 Å². The van der Waals surface area contributed by atoms with Gasteiger partial charge in [0.25, 0.3) is 30.1 Å². The number of halogens is 20. The Bertz CT molecular complexity index is 4020. The van der Waals surface area contributed by atoms with E-state index in [4.69, 9.17) is 5.26 Å². The molecule has 6 atom stereocenters. The van der Waals surface area contributed by atoms with Gasteiger partial charge in [0.2, 0.25) is 0 Å². The highest BCUT2D eigenvalue weighted by Crippen LogP contribution is 2.70. The normalized spacial score (nSPS) is 23.1. The Hall–Kier alpha value is -6.90. The van der Waals surface area contributed by atoms with Crippen LogP contribution >= 0.6 is 0 Å². The van der Waals surface area contributed by atoms with Gasteiger partial charge in [-0.05, 0) is 186 Å². The van der Waals surface area contributed by atoms with Crippen molar-refractivity contribution in [1.82, 2.24) is 48.9 Å². The zero-order chi connectivity index (χ0) is 73.4. The maximum Gasteiger partial charge on any atom is 0.435 e. The Balaban J connectivity index is 0.000000129. The molecule has 0 saturated heterocycles. The first-order chi connectivity index (χ1) is 45.7. The smallest absolute Gasteiger partial charge is 0.266 e. The third-order valence-electron chi connectivity index (χ3n) is 19.6. The molecule has 0 aliphatic heterocycles. The molecule has 544 valence electrons. The molecule has 9 aliphatic carbocycles. The third kappa shape index (κ3) is 13.9. The van der Waals surface area contributed by atoms with Crippen molar-refractivity contribution in [2.45, 2.75) is 257 Å². The quantitative estimate of drug-likeness (QED) is 0.147. The molecule has 1 aromatic carbocycles. The molecule has 5 heterocycles. The van der Waals surface area contributed by atoms with Crippen LogP contribution in [0.5, 0.6) is 0 Å². The van der Waals surface area contributed by atoms with Gasteiger partial charge in [-0.1, -0.05) is 26.0 Å². The fourth-order valence-corrected chi connectivity index (χ4v) is 14.9. The highest BCUT2D eigenvalue weighted by molar-refractivity contribution is 5.74. The van der Waals surface area contributed by atoms with E-state index in [0.29, 0.717) is 58.4 Å². The van der Waals surface area contributed by atoms with E-state index in [-0.39, 0.29) is 53.2 Å². The molecule has 0 spiro atoms. The van der Waals surface area contributed by atoms with Crippen LogP contribution in [0.25, 0.3) is 5.57 Å². The standard InChI is InChI=1S/C12H15F3N2.C12H13F.C11H12F6N2.C11H11F5N2.C11H15F3N2.C11H11F2N3/c1-6(2)17-10-8(4-3-7-5-9(7)10)11(16-17)12(13,14)15;1-8(2)11-6-4-9-3-5-10(13)7-12(9)11;1-5(2)19-8-6(7(18-19)9(12)13)10(14,15)3-4-11(8,16)17;1-4(2)18-9-7(8(17-18)11(14,15)16)5-3-6(5)10(9,12)13;1-7(2)16-9-6-4-3-5-8(9)10(15-16)11(12,13)14;1-5(2)16-10-9(8(4-14)15-16)6-3-7(6)11(10,12)13/h6-7,9H,3-5H2,1-2H3;3,5-8H,4H2,1-2H3;5,9H,3-4H2,1-2H3;4-6H,3H2,1-2H3;7H,3-6H2,1-2H3;5-7H,3H2,1-2H3. The third-order valence-corrected chi connectivity index (χ3v) is 19.6. The van der Waals surface area contributed by atoms with E-state index in [9.17, 15) is 87.8 Å². The van der Waals surface area contributed by atoms with Crippen molar-refractivity contribution in [2.75, 3.05) is 0 Å². The average Bonchev–Trinajstić information content (AvgIpc) is 1.52. The van der Waals surface area contributed by atoms with Crippen LogP contribution in [0.15, 0.2) is 24.3 Å². The molecule has 0 N–H and O–H groups in total. The van der Waals surface area contributed by atoms with E-state index < -0.39 is 131 Å². The highest BCUT2D eigenvalue weighted by Gasteiger charge is 2.69. The molecule has 6 aromatic rings. The molecule has 5 aromatic heterocycles. The second-order valence-corrected chi connectivity index (χ2v) is 28.6. The fraction of sp³-hybridized carbons (Fsp3) is 0.647. The van der Waals surface area contributed by atoms with E-state index in [1.54, 1.807) is 38.4 Å². The number of rotatable bonds is 7. The lowest BCUT2D eigenvalue weighted by molar-refractivity contribution is -0.143. The van der Waals surface area contributed by atoms with Crippen molar-refractivity contribution in [3.63, 3.8) is 0 Å². The number of benzene rings is 1. The van der Waals surface area contributed by atoms with Crippen molar-refractivity contribution in [3.8, 4) is 6.07 Å². The van der Waals surface area contributed by atoms with Crippen molar-refractivity contribution < 1.29 is 87.8 Å². The Labute approximate surface area is 558 Å². The van der Waals surface area contributed by atoms with E-state index in [2.05, 4.69) is 45.4 Å². The predicted molar refractivity (Wildman–Crippen MR) is 323 cm³/mol. The average molecular weight is 1430 g/mol. The summed E-state index contributed by atoms with van der Waals surface area (Å²) in [6, 6.07) is 5.63. The van der Waals surface area contributed by atoms with E-state index in [0.717, 1.165) is 60.2 Å². The second-order valence-electron chi connectivity index (χ2n) is 28.6. The van der Waals surface area contributed by atoms with Crippen LogP contribution in [0.3, 0.4) is 0 Å². The molecule has 99 heavy (non-hydrogen) atoms. The number of alkyl halides is 19. The van der Waals surface area contributed by atoms with Crippen LogP contribution in [-0.4, -0.2) is 48.9 Å². The fourth-order valence-electron chi connectivity index (χ4n) is 14.9. The van der Waals surface area contributed by atoms with Crippen molar-refractivity contribution >= 4 is 5.57 Å². The molecule has 15 rings (SSSR count). The second kappa shape index (κ2) is 26.2. The van der Waals surface area contributed by atoms with Gasteiger partial charge in [0.1, 0.15) is 34.7 Å². The minimum Gasteiger partial charge on any atom is -0.266 e. The number of allylic oxidation sites excluding steroid dienone is 2. The number of fused-ring (bicyclic) bond motifs is 12. The number of hydrogen-bond donors (Lipinski definition) is 0. The minimum absolute atomic E-state index is 0.000741. The summed E-state index contributed by atoms with van der Waals surface area (Å²) in [6.45, 7) is 21.3. The molecular formula is C68H77F20N11. The Morgan fingerprint density at radius 3 is 1.55 bits per heavy atom. The van der Waals surface area contributed by atoms with Crippen LogP contribution in [0.2, 0.25) is 0 Å². The SMILES string of the molecule is CC(C)C1=CCc2ccc(F)cc21.CC(C)n1nc(C#N)c2c1C(F)(F)C1CC21.CC(C)n1nc(C(F)(F)F)c2c1C(F)(F)C1CC21.CC(C)n1nc(C(F)(F)F)c2c1C1CC1CC2.CC(C)n1nc(C(F)(F)F)c2c1CCCC2.CC(C)n1nc(C(F)F)c2c1C(F)(F)CCC2(F)F. The van der Waals surface area contributed by atoms with Crippen LogP contribution in [-0.2, 0) is 67.9 Å². The zero-order valence-electron chi connectivity index (χ0n) is 56.3. The molecule has 0 amide bonds. The first-order valence-electron chi connectivity index (χ1n) is 33.2.